The molecule has 0 saturated carbocycles. The Morgan fingerprint density at radius 1 is 1.53 bits per heavy atom. The molecule has 15 heavy (non-hydrogen) atoms. The highest BCUT2D eigenvalue weighted by Crippen LogP contribution is 2.18. The molecule has 0 aliphatic carbocycles. The summed E-state index contributed by atoms with van der Waals surface area (Å²) in [5.41, 5.74) is 3.56. The maximum atomic E-state index is 11.1. The van der Waals surface area contributed by atoms with E-state index < -0.39 is 0 Å². The van der Waals surface area contributed by atoms with E-state index in [2.05, 4.69) is 17.3 Å². The largest absolute Gasteiger partial charge is 0.353 e. The van der Waals surface area contributed by atoms with Gasteiger partial charge in [-0.15, -0.1) is 0 Å². The molecule has 1 N–H and O–H groups in total. The maximum absolute atomic E-state index is 11.1. The van der Waals surface area contributed by atoms with Crippen molar-refractivity contribution < 1.29 is 4.79 Å². The Labute approximate surface area is 89.7 Å². The van der Waals surface area contributed by atoms with Crippen molar-refractivity contribution in [1.82, 2.24) is 15.1 Å². The summed E-state index contributed by atoms with van der Waals surface area (Å²) < 4.78 is 1.90. The van der Waals surface area contributed by atoms with E-state index in [1.54, 1.807) is 0 Å². The van der Waals surface area contributed by atoms with Crippen LogP contribution < -0.4 is 5.32 Å². The van der Waals surface area contributed by atoms with Crippen LogP contribution in [0.15, 0.2) is 0 Å². The molecule has 1 atom stereocenters. The summed E-state index contributed by atoms with van der Waals surface area (Å²) in [6, 6.07) is 0.305. The van der Waals surface area contributed by atoms with Crippen LogP contribution in [0.4, 0.5) is 0 Å². The lowest BCUT2D eigenvalue weighted by Gasteiger charge is -2.09. The Morgan fingerprint density at radius 3 is 2.73 bits per heavy atom. The van der Waals surface area contributed by atoms with Crippen LogP contribution in [-0.2, 0) is 18.3 Å². The Kier molecular flexibility index (Phi) is 2.50. The molecule has 82 valence electrons. The molecule has 0 bridgehead atoms. The van der Waals surface area contributed by atoms with Crippen LogP contribution in [-0.4, -0.2) is 21.7 Å². The first-order chi connectivity index (χ1) is 7.08. The van der Waals surface area contributed by atoms with Crippen molar-refractivity contribution in [3.63, 3.8) is 0 Å². The number of aromatic nitrogens is 2. The molecule has 1 aliphatic heterocycles. The zero-order chi connectivity index (χ0) is 11.0. The van der Waals surface area contributed by atoms with Gasteiger partial charge in [0.2, 0.25) is 5.91 Å². The van der Waals surface area contributed by atoms with Crippen LogP contribution in [0, 0.1) is 13.8 Å². The van der Waals surface area contributed by atoms with Gasteiger partial charge in [0, 0.05) is 25.2 Å². The van der Waals surface area contributed by atoms with Gasteiger partial charge in [-0.2, -0.15) is 5.10 Å². The molecule has 0 aromatic carbocycles. The van der Waals surface area contributed by atoms with E-state index in [9.17, 15) is 4.79 Å². The lowest BCUT2D eigenvalue weighted by Crippen LogP contribution is -2.27. The quantitative estimate of drug-likeness (QED) is 0.781. The molecule has 4 nitrogen and oxygen atoms in total. The van der Waals surface area contributed by atoms with Gasteiger partial charge in [0.15, 0.2) is 0 Å². The summed E-state index contributed by atoms with van der Waals surface area (Å²) in [6.45, 7) is 4.10. The molecule has 0 spiro atoms. The second-order valence-corrected chi connectivity index (χ2v) is 4.28. The molecule has 0 radical (unpaired) electrons. The molecule has 1 aromatic rings. The zero-order valence-electron chi connectivity index (χ0n) is 9.50. The molecule has 1 amide bonds. The Bertz CT molecular complexity index is 395. The van der Waals surface area contributed by atoms with Crippen LogP contribution in [0.5, 0.6) is 0 Å². The van der Waals surface area contributed by atoms with Crippen molar-refractivity contribution in [2.24, 2.45) is 7.05 Å². The standard InChI is InChI=1S/C11H17N3O/c1-7-10(8(2)14(3)13-7)6-9-4-5-11(15)12-9/h9H,4-6H2,1-3H3,(H,12,15). The molecule has 2 heterocycles. The van der Waals surface area contributed by atoms with Crippen LogP contribution >= 0.6 is 0 Å². The third kappa shape index (κ3) is 1.89. The number of hydrogen-bond acceptors (Lipinski definition) is 2. The molecular weight excluding hydrogens is 190 g/mol. The predicted molar refractivity (Wildman–Crippen MR) is 57.6 cm³/mol. The lowest BCUT2D eigenvalue weighted by molar-refractivity contribution is -0.119. The molecule has 1 fully saturated rings. The highest BCUT2D eigenvalue weighted by atomic mass is 16.1. The highest BCUT2D eigenvalue weighted by molar-refractivity contribution is 5.78. The molecular formula is C11H17N3O. The number of hydrogen-bond donors (Lipinski definition) is 1. The molecule has 2 rings (SSSR count). The Hall–Kier alpha value is -1.32. The summed E-state index contributed by atoms with van der Waals surface area (Å²) in [5, 5.41) is 7.37. The average Bonchev–Trinajstić information content (AvgIpc) is 2.67. The first-order valence-electron chi connectivity index (χ1n) is 5.36. The summed E-state index contributed by atoms with van der Waals surface area (Å²) in [4.78, 5) is 11.1. The van der Waals surface area contributed by atoms with E-state index >= 15 is 0 Å². The number of nitrogens with one attached hydrogen (secondary N) is 1. The number of carbonyl (C=O) groups excluding carboxylic acids is 1. The SMILES string of the molecule is Cc1nn(C)c(C)c1CC1CCC(=O)N1. The summed E-state index contributed by atoms with van der Waals surface area (Å²) in [5.74, 6) is 0.180. The van der Waals surface area contributed by atoms with Crippen LogP contribution in [0.2, 0.25) is 0 Å². The van der Waals surface area contributed by atoms with Gasteiger partial charge in [-0.25, -0.2) is 0 Å². The van der Waals surface area contributed by atoms with Gasteiger partial charge in [-0.05, 0) is 32.3 Å². The first-order valence-corrected chi connectivity index (χ1v) is 5.36. The van der Waals surface area contributed by atoms with Gasteiger partial charge in [0.05, 0.1) is 5.69 Å². The maximum Gasteiger partial charge on any atom is 0.220 e. The fraction of sp³-hybridized carbons (Fsp3) is 0.636. The van der Waals surface area contributed by atoms with E-state index in [-0.39, 0.29) is 5.91 Å². The van der Waals surface area contributed by atoms with Gasteiger partial charge in [-0.3, -0.25) is 9.48 Å². The minimum absolute atomic E-state index is 0.180. The van der Waals surface area contributed by atoms with Gasteiger partial charge in [0.25, 0.3) is 0 Å². The minimum atomic E-state index is 0.180. The van der Waals surface area contributed by atoms with Gasteiger partial charge >= 0.3 is 0 Å². The Morgan fingerprint density at radius 2 is 2.27 bits per heavy atom. The predicted octanol–water partition coefficient (Wildman–Crippen LogP) is 0.858. The van der Waals surface area contributed by atoms with Crippen LogP contribution in [0.3, 0.4) is 0 Å². The molecule has 1 aliphatic rings. The van der Waals surface area contributed by atoms with Crippen molar-refractivity contribution in [3.8, 4) is 0 Å². The monoisotopic (exact) mass is 207 g/mol. The third-order valence-corrected chi connectivity index (χ3v) is 3.19. The second kappa shape index (κ2) is 3.68. The van der Waals surface area contributed by atoms with Crippen molar-refractivity contribution in [2.75, 3.05) is 0 Å². The van der Waals surface area contributed by atoms with Crippen LogP contribution in [0.1, 0.15) is 29.8 Å². The third-order valence-electron chi connectivity index (χ3n) is 3.19. The van der Waals surface area contributed by atoms with Gasteiger partial charge in [0.1, 0.15) is 0 Å². The topological polar surface area (TPSA) is 46.9 Å². The van der Waals surface area contributed by atoms with Crippen molar-refractivity contribution in [1.29, 1.82) is 0 Å². The lowest BCUT2D eigenvalue weighted by atomic mass is 10.0. The second-order valence-electron chi connectivity index (χ2n) is 4.28. The van der Waals surface area contributed by atoms with E-state index in [1.165, 1.54) is 11.3 Å². The average molecular weight is 207 g/mol. The van der Waals surface area contributed by atoms with E-state index in [0.29, 0.717) is 12.5 Å². The van der Waals surface area contributed by atoms with Crippen molar-refractivity contribution in [3.05, 3.63) is 17.0 Å². The van der Waals surface area contributed by atoms with Crippen LogP contribution in [0.25, 0.3) is 0 Å². The summed E-state index contributed by atoms with van der Waals surface area (Å²) in [6.07, 6.45) is 2.53. The normalized spacial score (nSPS) is 20.7. The smallest absolute Gasteiger partial charge is 0.220 e. The number of rotatable bonds is 2. The Balaban J connectivity index is 2.13. The summed E-state index contributed by atoms with van der Waals surface area (Å²) >= 11 is 0. The van der Waals surface area contributed by atoms with E-state index in [1.807, 2.05) is 18.7 Å². The van der Waals surface area contributed by atoms with Gasteiger partial charge in [-0.1, -0.05) is 0 Å². The van der Waals surface area contributed by atoms with Crippen molar-refractivity contribution >= 4 is 5.91 Å². The zero-order valence-corrected chi connectivity index (χ0v) is 9.50. The first kappa shape index (κ1) is 10.2. The minimum Gasteiger partial charge on any atom is -0.353 e. The fourth-order valence-corrected chi connectivity index (χ4v) is 2.19. The molecule has 1 saturated heterocycles. The number of carbonyl (C=O) groups is 1. The fourth-order valence-electron chi connectivity index (χ4n) is 2.19. The number of amides is 1. The molecule has 1 unspecified atom stereocenters. The molecule has 4 heteroatoms. The summed E-state index contributed by atoms with van der Waals surface area (Å²) in [7, 11) is 1.96. The molecule has 1 aromatic heterocycles. The number of nitrogens with zero attached hydrogens (tertiary/aromatic N) is 2. The highest BCUT2D eigenvalue weighted by Gasteiger charge is 2.23. The van der Waals surface area contributed by atoms with Gasteiger partial charge < -0.3 is 5.32 Å². The van der Waals surface area contributed by atoms with E-state index in [4.69, 9.17) is 0 Å². The van der Waals surface area contributed by atoms with Crippen molar-refractivity contribution in [2.45, 2.75) is 39.2 Å². The van der Waals surface area contributed by atoms with E-state index in [0.717, 1.165) is 18.5 Å². The number of aryl methyl sites for hydroxylation is 2.